The molecule has 3 aromatic heterocycles. The first-order valence-corrected chi connectivity index (χ1v) is 8.40. The molecule has 0 aliphatic heterocycles. The predicted octanol–water partition coefficient (Wildman–Crippen LogP) is 3.03. The Morgan fingerprint density at radius 3 is 2.86 bits per heavy atom. The van der Waals surface area contributed by atoms with Crippen molar-refractivity contribution in [3.05, 3.63) is 48.8 Å². The molecule has 0 spiro atoms. The molecule has 0 bridgehead atoms. The molecule has 11 heteroatoms. The lowest BCUT2D eigenvalue weighted by atomic mass is 10.3. The predicted molar refractivity (Wildman–Crippen MR) is 95.9 cm³/mol. The summed E-state index contributed by atoms with van der Waals surface area (Å²) < 4.78 is 41.2. The molecule has 148 valence electrons. The molecule has 0 fully saturated rings. The van der Waals surface area contributed by atoms with Gasteiger partial charge in [0.25, 0.3) is 12.3 Å². The van der Waals surface area contributed by atoms with Crippen molar-refractivity contribution in [2.75, 3.05) is 13.7 Å². The molecule has 0 aliphatic rings. The Labute approximate surface area is 162 Å². The first-order valence-electron chi connectivity index (χ1n) is 8.40. The fourth-order valence-corrected chi connectivity index (χ4v) is 2.43. The summed E-state index contributed by atoms with van der Waals surface area (Å²) in [5.41, 5.74) is 1.67. The van der Waals surface area contributed by atoms with Crippen molar-refractivity contribution in [1.82, 2.24) is 30.1 Å². The zero-order chi connectivity index (χ0) is 20.2. The van der Waals surface area contributed by atoms with Crippen LogP contribution in [0.25, 0.3) is 28.7 Å². The molecule has 29 heavy (non-hydrogen) atoms. The molecular formula is C18H14F2N6O3. The number of hydrogen-bond donors (Lipinski definition) is 0. The third-order valence-electron chi connectivity index (χ3n) is 3.81. The van der Waals surface area contributed by atoms with Crippen molar-refractivity contribution >= 4 is 0 Å². The van der Waals surface area contributed by atoms with E-state index in [-0.39, 0.29) is 17.6 Å². The van der Waals surface area contributed by atoms with Crippen LogP contribution in [-0.2, 0) is 0 Å². The second-order valence-electron chi connectivity index (χ2n) is 5.76. The number of ether oxygens (including phenoxy) is 2. The smallest absolute Gasteiger partial charge is 0.280 e. The van der Waals surface area contributed by atoms with E-state index in [1.807, 2.05) is 18.2 Å². The molecule has 9 nitrogen and oxygen atoms in total. The highest BCUT2D eigenvalue weighted by molar-refractivity contribution is 5.57. The van der Waals surface area contributed by atoms with E-state index >= 15 is 0 Å². The highest BCUT2D eigenvalue weighted by atomic mass is 19.3. The Bertz CT molecular complexity index is 1100. The van der Waals surface area contributed by atoms with E-state index in [0.717, 1.165) is 5.69 Å². The van der Waals surface area contributed by atoms with Gasteiger partial charge < -0.3 is 14.0 Å². The average Bonchev–Trinajstić information content (AvgIpc) is 3.42. The van der Waals surface area contributed by atoms with Crippen LogP contribution < -0.4 is 9.47 Å². The Hall–Kier alpha value is -3.89. The second kappa shape index (κ2) is 8.00. The van der Waals surface area contributed by atoms with E-state index in [9.17, 15) is 8.78 Å². The van der Waals surface area contributed by atoms with E-state index in [1.54, 1.807) is 30.1 Å². The number of methoxy groups -OCH3 is 1. The summed E-state index contributed by atoms with van der Waals surface area (Å²) in [5, 5.41) is 12.0. The Morgan fingerprint density at radius 1 is 1.21 bits per heavy atom. The summed E-state index contributed by atoms with van der Waals surface area (Å²) >= 11 is 0. The highest BCUT2D eigenvalue weighted by Gasteiger charge is 2.15. The van der Waals surface area contributed by atoms with E-state index < -0.39 is 13.0 Å². The number of halogens is 2. The summed E-state index contributed by atoms with van der Waals surface area (Å²) in [6, 6.07) is 10.4. The molecule has 0 saturated carbocycles. The van der Waals surface area contributed by atoms with Gasteiger partial charge in [-0.3, -0.25) is 0 Å². The van der Waals surface area contributed by atoms with Crippen LogP contribution >= 0.6 is 0 Å². The Kier molecular flexibility index (Phi) is 5.10. The van der Waals surface area contributed by atoms with Crippen molar-refractivity contribution in [2.45, 2.75) is 6.43 Å². The van der Waals surface area contributed by atoms with Gasteiger partial charge in [-0.15, -0.1) is 5.10 Å². The molecule has 0 aliphatic carbocycles. The summed E-state index contributed by atoms with van der Waals surface area (Å²) in [6.07, 6.45) is 0.482. The zero-order valence-corrected chi connectivity index (χ0v) is 15.1. The number of alkyl halides is 2. The third-order valence-corrected chi connectivity index (χ3v) is 3.81. The van der Waals surface area contributed by atoms with Crippen LogP contribution in [0.15, 0.2) is 53.3 Å². The van der Waals surface area contributed by atoms with Crippen molar-refractivity contribution in [3.8, 4) is 40.3 Å². The van der Waals surface area contributed by atoms with Gasteiger partial charge in [-0.25, -0.2) is 18.4 Å². The van der Waals surface area contributed by atoms with E-state index in [1.165, 1.54) is 12.3 Å². The standard InChI is InChI=1S/C18H14F2N6O3/c1-27-13-4-2-3-12(7-13)26-9-14(23-25-26)18-22-17(24-29-18)11-5-6-16(21-8-11)28-10-15(19)20/h2-9,15H,10H2,1H3. The van der Waals surface area contributed by atoms with Crippen molar-refractivity contribution in [1.29, 1.82) is 0 Å². The molecule has 0 unspecified atom stereocenters. The van der Waals surface area contributed by atoms with Crippen LogP contribution in [0.2, 0.25) is 0 Å². The number of benzene rings is 1. The summed E-state index contributed by atoms with van der Waals surface area (Å²) in [5.74, 6) is 1.21. The topological polar surface area (TPSA) is 101 Å². The average molecular weight is 400 g/mol. The first-order chi connectivity index (χ1) is 14.1. The minimum absolute atomic E-state index is 0.0824. The molecule has 1 aromatic carbocycles. The zero-order valence-electron chi connectivity index (χ0n) is 15.1. The van der Waals surface area contributed by atoms with Gasteiger partial charge in [0.05, 0.1) is 19.0 Å². The monoisotopic (exact) mass is 400 g/mol. The third kappa shape index (κ3) is 4.18. The summed E-state index contributed by atoms with van der Waals surface area (Å²) in [7, 11) is 1.58. The molecule has 4 rings (SSSR count). The largest absolute Gasteiger partial charge is 0.497 e. The van der Waals surface area contributed by atoms with Crippen molar-refractivity contribution in [3.63, 3.8) is 0 Å². The molecule has 3 heterocycles. The van der Waals surface area contributed by atoms with Gasteiger partial charge in [-0.2, -0.15) is 4.98 Å². The van der Waals surface area contributed by atoms with Gasteiger partial charge in [-0.1, -0.05) is 16.4 Å². The minimum Gasteiger partial charge on any atom is -0.497 e. The maximum Gasteiger partial charge on any atom is 0.280 e. The maximum absolute atomic E-state index is 12.2. The quantitative estimate of drug-likeness (QED) is 0.467. The van der Waals surface area contributed by atoms with Crippen LogP contribution in [0.4, 0.5) is 8.78 Å². The highest BCUT2D eigenvalue weighted by Crippen LogP contribution is 2.23. The van der Waals surface area contributed by atoms with Crippen molar-refractivity contribution < 1.29 is 22.8 Å². The minimum atomic E-state index is -2.57. The molecule has 0 atom stereocenters. The van der Waals surface area contributed by atoms with Gasteiger partial charge in [0.1, 0.15) is 5.75 Å². The van der Waals surface area contributed by atoms with Gasteiger partial charge in [0, 0.05) is 23.9 Å². The Balaban J connectivity index is 1.51. The number of hydrogen-bond acceptors (Lipinski definition) is 8. The molecule has 4 aromatic rings. The Morgan fingerprint density at radius 2 is 2.10 bits per heavy atom. The van der Waals surface area contributed by atoms with Crippen LogP contribution in [-0.4, -0.2) is 50.3 Å². The molecule has 0 amide bonds. The van der Waals surface area contributed by atoms with E-state index in [4.69, 9.17) is 14.0 Å². The molecule has 0 N–H and O–H groups in total. The lowest BCUT2D eigenvalue weighted by Crippen LogP contribution is -2.07. The maximum atomic E-state index is 12.2. The summed E-state index contributed by atoms with van der Waals surface area (Å²) in [4.78, 5) is 8.22. The SMILES string of the molecule is COc1cccc(-n2cc(-c3nc(-c4ccc(OCC(F)F)nc4)no3)nn2)c1. The molecule has 0 saturated heterocycles. The van der Waals surface area contributed by atoms with Gasteiger partial charge in [-0.05, 0) is 18.2 Å². The van der Waals surface area contributed by atoms with Gasteiger partial charge >= 0.3 is 0 Å². The van der Waals surface area contributed by atoms with Crippen molar-refractivity contribution in [2.24, 2.45) is 0 Å². The second-order valence-corrected chi connectivity index (χ2v) is 5.76. The van der Waals surface area contributed by atoms with E-state index in [2.05, 4.69) is 25.4 Å². The lowest BCUT2D eigenvalue weighted by Gasteiger charge is -2.03. The van der Waals surface area contributed by atoms with Crippen LogP contribution in [0.5, 0.6) is 11.6 Å². The molecular weight excluding hydrogens is 386 g/mol. The number of nitrogens with zero attached hydrogens (tertiary/aromatic N) is 6. The van der Waals surface area contributed by atoms with Crippen LogP contribution in [0, 0.1) is 0 Å². The normalized spacial score (nSPS) is 11.0. The summed E-state index contributed by atoms with van der Waals surface area (Å²) in [6.45, 7) is -0.721. The fourth-order valence-electron chi connectivity index (χ4n) is 2.43. The van der Waals surface area contributed by atoms with Crippen LogP contribution in [0.1, 0.15) is 0 Å². The number of aromatic nitrogens is 6. The molecule has 0 radical (unpaired) electrons. The fraction of sp³-hybridized carbons (Fsp3) is 0.167. The lowest BCUT2D eigenvalue weighted by molar-refractivity contribution is 0.0796. The van der Waals surface area contributed by atoms with Gasteiger partial charge in [0.2, 0.25) is 11.7 Å². The number of pyridine rings is 1. The van der Waals surface area contributed by atoms with E-state index in [0.29, 0.717) is 17.0 Å². The number of rotatable bonds is 7. The van der Waals surface area contributed by atoms with Crippen LogP contribution in [0.3, 0.4) is 0 Å². The van der Waals surface area contributed by atoms with Gasteiger partial charge in [0.15, 0.2) is 12.3 Å². The first kappa shape index (κ1) is 18.5.